The normalized spacial score (nSPS) is 17.8. The van der Waals surface area contributed by atoms with Crippen molar-refractivity contribution < 1.29 is 19.6 Å². The lowest BCUT2D eigenvalue weighted by atomic mass is 9.96. The Morgan fingerprint density at radius 2 is 2.07 bits per heavy atom. The van der Waals surface area contributed by atoms with Gasteiger partial charge in [0, 0.05) is 31.8 Å². The van der Waals surface area contributed by atoms with Crippen molar-refractivity contribution in [2.24, 2.45) is 5.92 Å². The summed E-state index contributed by atoms with van der Waals surface area (Å²) in [5.74, 6) is -0.579. The van der Waals surface area contributed by atoms with Gasteiger partial charge in [-0.3, -0.25) is 19.7 Å². The number of likely N-dealkylation sites (tertiary alicyclic amines) is 1. The van der Waals surface area contributed by atoms with Gasteiger partial charge >= 0.3 is 0 Å². The Hall–Kier alpha value is -2.78. The van der Waals surface area contributed by atoms with Crippen LogP contribution in [-0.2, 0) is 4.79 Å². The lowest BCUT2D eigenvalue weighted by Gasteiger charge is -2.32. The third-order valence-corrected chi connectivity index (χ3v) is 5.63. The fourth-order valence-electron chi connectivity index (χ4n) is 3.21. The number of aliphatic hydroxyl groups is 1. The van der Waals surface area contributed by atoms with Crippen molar-refractivity contribution in [1.29, 1.82) is 0 Å². The highest BCUT2D eigenvalue weighted by Gasteiger charge is 2.29. The molecule has 1 aliphatic heterocycles. The predicted molar refractivity (Wildman–Crippen MR) is 104 cm³/mol. The number of rotatable bonds is 6. The Morgan fingerprint density at radius 1 is 1.32 bits per heavy atom. The van der Waals surface area contributed by atoms with Crippen LogP contribution in [0.5, 0.6) is 0 Å². The van der Waals surface area contributed by atoms with Crippen LogP contribution in [-0.4, -0.2) is 46.4 Å². The van der Waals surface area contributed by atoms with Crippen molar-refractivity contribution >= 4 is 28.8 Å². The van der Waals surface area contributed by atoms with Crippen molar-refractivity contribution in [1.82, 2.24) is 10.2 Å². The molecule has 1 saturated heterocycles. The van der Waals surface area contributed by atoms with Crippen LogP contribution in [0.4, 0.5) is 5.69 Å². The Balaban J connectivity index is 1.52. The standard InChI is InChI=1S/C19H21N3O5S/c23-16(13-5-7-15(8-6-13)22(26)27)11-20-18(24)14-3-1-9-21(12-14)19(25)17-4-2-10-28-17/h2,4-8,10,14,16,23H,1,3,9,11-12H2,(H,20,24)/t14-,16+/m0/s1. The number of nitro benzene ring substituents is 1. The molecule has 1 aromatic carbocycles. The van der Waals surface area contributed by atoms with Crippen LogP contribution in [0.1, 0.15) is 34.2 Å². The van der Waals surface area contributed by atoms with Gasteiger partial charge in [-0.2, -0.15) is 0 Å². The quantitative estimate of drug-likeness (QED) is 0.568. The summed E-state index contributed by atoms with van der Waals surface area (Å²) in [7, 11) is 0. The molecule has 1 aliphatic rings. The monoisotopic (exact) mass is 403 g/mol. The van der Waals surface area contributed by atoms with Crippen LogP contribution in [0.25, 0.3) is 0 Å². The van der Waals surface area contributed by atoms with E-state index in [-0.39, 0.29) is 30.0 Å². The van der Waals surface area contributed by atoms with Gasteiger partial charge < -0.3 is 15.3 Å². The third-order valence-electron chi connectivity index (χ3n) is 4.77. The molecule has 8 nitrogen and oxygen atoms in total. The maximum Gasteiger partial charge on any atom is 0.269 e. The fourth-order valence-corrected chi connectivity index (χ4v) is 3.90. The highest BCUT2D eigenvalue weighted by molar-refractivity contribution is 7.12. The van der Waals surface area contributed by atoms with Gasteiger partial charge in [0.25, 0.3) is 11.6 Å². The number of non-ortho nitro benzene ring substituents is 1. The zero-order chi connectivity index (χ0) is 20.1. The number of nitrogens with zero attached hydrogens (tertiary/aromatic N) is 2. The van der Waals surface area contributed by atoms with E-state index in [2.05, 4.69) is 5.32 Å². The molecule has 0 radical (unpaired) electrons. The van der Waals surface area contributed by atoms with Crippen molar-refractivity contribution in [2.45, 2.75) is 18.9 Å². The molecule has 28 heavy (non-hydrogen) atoms. The van der Waals surface area contributed by atoms with Gasteiger partial charge in [-0.15, -0.1) is 11.3 Å². The molecule has 9 heteroatoms. The smallest absolute Gasteiger partial charge is 0.269 e. The van der Waals surface area contributed by atoms with Crippen LogP contribution in [0, 0.1) is 16.0 Å². The molecular weight excluding hydrogens is 382 g/mol. The molecule has 1 fully saturated rings. The number of hydrogen-bond donors (Lipinski definition) is 2. The first kappa shape index (κ1) is 20.0. The minimum absolute atomic E-state index is 0.00597. The van der Waals surface area contributed by atoms with Crippen molar-refractivity contribution in [3.63, 3.8) is 0 Å². The summed E-state index contributed by atoms with van der Waals surface area (Å²) in [5.41, 5.74) is 0.432. The van der Waals surface area contributed by atoms with E-state index < -0.39 is 11.0 Å². The zero-order valence-corrected chi connectivity index (χ0v) is 15.9. The Bertz CT molecular complexity index is 838. The van der Waals surface area contributed by atoms with Gasteiger partial charge in [0.1, 0.15) is 0 Å². The number of aliphatic hydroxyl groups excluding tert-OH is 1. The lowest BCUT2D eigenvalue weighted by Crippen LogP contribution is -2.45. The summed E-state index contributed by atoms with van der Waals surface area (Å²) >= 11 is 1.38. The predicted octanol–water partition coefficient (Wildman–Crippen LogP) is 2.36. The number of piperidine rings is 1. The summed E-state index contributed by atoms with van der Waals surface area (Å²) < 4.78 is 0. The Morgan fingerprint density at radius 3 is 2.71 bits per heavy atom. The number of nitrogens with one attached hydrogen (secondary N) is 1. The molecule has 0 bridgehead atoms. The number of thiophene rings is 1. The van der Waals surface area contributed by atoms with E-state index in [1.54, 1.807) is 11.0 Å². The molecule has 2 amide bonds. The molecule has 1 aromatic heterocycles. The number of carbonyl (C=O) groups excluding carboxylic acids is 2. The summed E-state index contributed by atoms with van der Waals surface area (Å²) in [5, 5.41) is 25.5. The second-order valence-electron chi connectivity index (χ2n) is 6.68. The first-order valence-electron chi connectivity index (χ1n) is 8.98. The minimum atomic E-state index is -0.961. The van der Waals surface area contributed by atoms with E-state index in [1.807, 2.05) is 11.4 Å². The van der Waals surface area contributed by atoms with E-state index in [1.165, 1.54) is 35.6 Å². The Labute approximate surface area is 165 Å². The Kier molecular flexibility index (Phi) is 6.37. The summed E-state index contributed by atoms with van der Waals surface area (Å²) in [6.45, 7) is 0.994. The minimum Gasteiger partial charge on any atom is -0.387 e. The molecule has 3 rings (SSSR count). The van der Waals surface area contributed by atoms with Crippen molar-refractivity contribution in [3.05, 3.63) is 62.3 Å². The molecule has 0 unspecified atom stereocenters. The fraction of sp³-hybridized carbons (Fsp3) is 0.368. The van der Waals surface area contributed by atoms with Crippen molar-refractivity contribution in [3.8, 4) is 0 Å². The topological polar surface area (TPSA) is 113 Å². The largest absolute Gasteiger partial charge is 0.387 e. The second-order valence-corrected chi connectivity index (χ2v) is 7.62. The first-order valence-corrected chi connectivity index (χ1v) is 9.86. The van der Waals surface area contributed by atoms with E-state index in [0.717, 1.165) is 6.42 Å². The average Bonchev–Trinajstić information content (AvgIpc) is 3.26. The van der Waals surface area contributed by atoms with Crippen molar-refractivity contribution in [2.75, 3.05) is 19.6 Å². The van der Waals surface area contributed by atoms with Gasteiger partial charge in [0.2, 0.25) is 5.91 Å². The highest BCUT2D eigenvalue weighted by atomic mass is 32.1. The average molecular weight is 403 g/mol. The van der Waals surface area contributed by atoms with Gasteiger partial charge in [-0.05, 0) is 42.0 Å². The number of amides is 2. The van der Waals surface area contributed by atoms with E-state index >= 15 is 0 Å². The molecule has 148 valence electrons. The van der Waals surface area contributed by atoms with Crippen LogP contribution < -0.4 is 5.32 Å². The number of hydrogen-bond acceptors (Lipinski definition) is 6. The highest BCUT2D eigenvalue weighted by Crippen LogP contribution is 2.21. The van der Waals surface area contributed by atoms with Gasteiger partial charge in [-0.1, -0.05) is 6.07 Å². The van der Waals surface area contributed by atoms with Crippen LogP contribution >= 0.6 is 11.3 Å². The van der Waals surface area contributed by atoms with Crippen LogP contribution in [0.3, 0.4) is 0 Å². The summed E-state index contributed by atoms with van der Waals surface area (Å²) in [6.07, 6.45) is 0.477. The first-order chi connectivity index (χ1) is 13.5. The van der Waals surface area contributed by atoms with E-state index in [9.17, 15) is 24.8 Å². The van der Waals surface area contributed by atoms with E-state index in [4.69, 9.17) is 0 Å². The maximum atomic E-state index is 12.5. The second kappa shape index (κ2) is 8.94. The molecule has 2 atom stereocenters. The van der Waals surface area contributed by atoms with E-state index in [0.29, 0.717) is 30.0 Å². The zero-order valence-electron chi connectivity index (χ0n) is 15.1. The number of carbonyl (C=O) groups is 2. The SMILES string of the molecule is O=C(NC[C@@H](O)c1ccc([N+](=O)[O-])cc1)[C@H]1CCCN(C(=O)c2cccs2)C1. The van der Waals surface area contributed by atoms with Gasteiger partial charge in [0.05, 0.1) is 21.8 Å². The molecular formula is C19H21N3O5S. The van der Waals surface area contributed by atoms with Crippen LogP contribution in [0.2, 0.25) is 0 Å². The lowest BCUT2D eigenvalue weighted by molar-refractivity contribution is -0.384. The molecule has 2 heterocycles. The summed E-state index contributed by atoms with van der Waals surface area (Å²) in [4.78, 5) is 37.5. The number of nitro groups is 1. The molecule has 0 saturated carbocycles. The molecule has 2 aromatic rings. The number of benzene rings is 1. The summed E-state index contributed by atoms with van der Waals surface area (Å²) in [6, 6.07) is 9.17. The molecule has 2 N–H and O–H groups in total. The molecule has 0 aliphatic carbocycles. The molecule has 0 spiro atoms. The van der Waals surface area contributed by atoms with Gasteiger partial charge in [-0.25, -0.2) is 0 Å². The van der Waals surface area contributed by atoms with Crippen LogP contribution in [0.15, 0.2) is 41.8 Å². The maximum absolute atomic E-state index is 12.5. The third kappa shape index (κ3) is 4.73. The van der Waals surface area contributed by atoms with Gasteiger partial charge in [0.15, 0.2) is 0 Å².